The lowest BCUT2D eigenvalue weighted by Gasteiger charge is -2.22. The maximum atomic E-state index is 5.79. The average molecular weight is 281 g/mol. The van der Waals surface area contributed by atoms with Crippen molar-refractivity contribution >= 4 is 0 Å². The largest absolute Gasteiger partial charge is 0.463 e. The van der Waals surface area contributed by atoms with Crippen LogP contribution in [0, 0.1) is 6.92 Å². The van der Waals surface area contributed by atoms with Gasteiger partial charge in [0.15, 0.2) is 0 Å². The van der Waals surface area contributed by atoms with Crippen LogP contribution < -0.4 is 5.73 Å². The highest BCUT2D eigenvalue weighted by Crippen LogP contribution is 2.15. The maximum absolute atomic E-state index is 5.79. The molecule has 0 aliphatic heterocycles. The smallest absolute Gasteiger partial charge is 0.120 e. The summed E-state index contributed by atoms with van der Waals surface area (Å²) in [5.74, 6) is 1.95. The van der Waals surface area contributed by atoms with E-state index >= 15 is 0 Å². The Hall–Kier alpha value is -0.840. The van der Waals surface area contributed by atoms with Gasteiger partial charge in [-0.2, -0.15) is 0 Å². The molecular formula is C16H31N3O. The molecule has 0 atom stereocenters. The molecule has 4 heteroatoms. The Labute approximate surface area is 123 Å². The van der Waals surface area contributed by atoms with Crippen LogP contribution in [0.5, 0.6) is 0 Å². The second kappa shape index (κ2) is 9.16. The molecule has 0 spiro atoms. The fourth-order valence-corrected chi connectivity index (χ4v) is 2.50. The summed E-state index contributed by atoms with van der Waals surface area (Å²) in [6, 6.07) is 2.12. The van der Waals surface area contributed by atoms with E-state index in [0.717, 1.165) is 44.2 Å². The van der Waals surface area contributed by atoms with Crippen LogP contribution in [-0.2, 0) is 13.1 Å². The van der Waals surface area contributed by atoms with E-state index in [1.54, 1.807) is 0 Å². The first-order valence-corrected chi connectivity index (χ1v) is 7.87. The number of nitrogens with zero attached hydrogens (tertiary/aromatic N) is 2. The van der Waals surface area contributed by atoms with Crippen molar-refractivity contribution in [1.82, 2.24) is 9.80 Å². The van der Waals surface area contributed by atoms with Gasteiger partial charge in [0.1, 0.15) is 11.5 Å². The molecule has 1 rings (SSSR count). The van der Waals surface area contributed by atoms with Crippen LogP contribution in [0.15, 0.2) is 10.5 Å². The Morgan fingerprint density at radius 2 is 1.65 bits per heavy atom. The van der Waals surface area contributed by atoms with Crippen LogP contribution >= 0.6 is 0 Å². The molecule has 1 heterocycles. The maximum Gasteiger partial charge on any atom is 0.120 e. The van der Waals surface area contributed by atoms with E-state index in [4.69, 9.17) is 10.2 Å². The predicted octanol–water partition coefficient (Wildman–Crippen LogP) is 2.60. The summed E-state index contributed by atoms with van der Waals surface area (Å²) in [7, 11) is 0. The molecule has 20 heavy (non-hydrogen) atoms. The second-order valence-corrected chi connectivity index (χ2v) is 5.27. The van der Waals surface area contributed by atoms with Crippen molar-refractivity contribution in [1.29, 1.82) is 0 Å². The van der Waals surface area contributed by atoms with Crippen molar-refractivity contribution < 1.29 is 4.42 Å². The van der Waals surface area contributed by atoms with E-state index in [0.29, 0.717) is 6.54 Å². The molecule has 0 bridgehead atoms. The van der Waals surface area contributed by atoms with Crippen LogP contribution in [-0.4, -0.2) is 42.5 Å². The first-order chi connectivity index (χ1) is 9.64. The summed E-state index contributed by atoms with van der Waals surface area (Å²) < 4.78 is 5.79. The Bertz CT molecular complexity index is 372. The number of nitrogens with two attached hydrogens (primary N) is 1. The van der Waals surface area contributed by atoms with E-state index in [9.17, 15) is 0 Å². The van der Waals surface area contributed by atoms with Crippen LogP contribution in [0.1, 0.15) is 44.3 Å². The third-order valence-electron chi connectivity index (χ3n) is 3.93. The molecule has 0 fully saturated rings. The molecule has 1 aromatic rings. The molecule has 0 saturated carbocycles. The lowest BCUT2D eigenvalue weighted by atomic mass is 10.2. The Balaban J connectivity index is 2.42. The van der Waals surface area contributed by atoms with E-state index in [1.165, 1.54) is 18.5 Å². The van der Waals surface area contributed by atoms with Crippen molar-refractivity contribution in [2.45, 2.75) is 47.2 Å². The Morgan fingerprint density at radius 3 is 2.15 bits per heavy atom. The Morgan fingerprint density at radius 1 is 1.05 bits per heavy atom. The summed E-state index contributed by atoms with van der Waals surface area (Å²) in [6.45, 7) is 15.7. The minimum Gasteiger partial charge on any atom is -0.463 e. The van der Waals surface area contributed by atoms with Gasteiger partial charge < -0.3 is 15.1 Å². The van der Waals surface area contributed by atoms with Crippen LogP contribution in [0.25, 0.3) is 0 Å². The molecule has 0 aliphatic carbocycles. The minimum atomic E-state index is 0.486. The van der Waals surface area contributed by atoms with Gasteiger partial charge in [0.25, 0.3) is 0 Å². The van der Waals surface area contributed by atoms with Crippen LogP contribution in [0.4, 0.5) is 0 Å². The topological polar surface area (TPSA) is 45.6 Å². The highest BCUT2D eigenvalue weighted by atomic mass is 16.3. The molecule has 0 aromatic carbocycles. The normalized spacial score (nSPS) is 11.8. The predicted molar refractivity (Wildman–Crippen MR) is 84.7 cm³/mol. The standard InChI is InChI=1S/C16H31N3O/c1-5-18(6-2)9-8-10-19(7-3)13-15-11-14(4)16(12-17)20-15/h11H,5-10,12-13,17H2,1-4H3. The molecule has 1 aromatic heterocycles. The van der Waals surface area contributed by atoms with Gasteiger partial charge in [-0.05, 0) is 57.7 Å². The summed E-state index contributed by atoms with van der Waals surface area (Å²) >= 11 is 0. The minimum absolute atomic E-state index is 0.486. The van der Waals surface area contributed by atoms with E-state index in [1.807, 2.05) is 0 Å². The van der Waals surface area contributed by atoms with Crippen LogP contribution in [0.2, 0.25) is 0 Å². The molecule has 2 N–H and O–H groups in total. The number of aryl methyl sites for hydroxylation is 1. The highest BCUT2D eigenvalue weighted by Gasteiger charge is 2.10. The van der Waals surface area contributed by atoms with Gasteiger partial charge in [0, 0.05) is 0 Å². The molecule has 0 amide bonds. The third kappa shape index (κ3) is 5.27. The first-order valence-electron chi connectivity index (χ1n) is 7.87. The number of hydrogen-bond acceptors (Lipinski definition) is 4. The zero-order chi connectivity index (χ0) is 15.0. The monoisotopic (exact) mass is 281 g/mol. The number of hydrogen-bond donors (Lipinski definition) is 1. The van der Waals surface area contributed by atoms with Gasteiger partial charge in [-0.25, -0.2) is 0 Å². The summed E-state index contributed by atoms with van der Waals surface area (Å²) in [5.41, 5.74) is 6.83. The molecule has 4 nitrogen and oxygen atoms in total. The first kappa shape index (κ1) is 17.2. The quantitative estimate of drug-likeness (QED) is 0.716. The van der Waals surface area contributed by atoms with Crippen molar-refractivity contribution in [2.24, 2.45) is 5.73 Å². The molecular weight excluding hydrogens is 250 g/mol. The molecule has 0 radical (unpaired) electrons. The van der Waals surface area contributed by atoms with Gasteiger partial charge in [-0.3, -0.25) is 4.90 Å². The fourth-order valence-electron chi connectivity index (χ4n) is 2.50. The van der Waals surface area contributed by atoms with Crippen molar-refractivity contribution in [2.75, 3.05) is 32.7 Å². The van der Waals surface area contributed by atoms with Crippen molar-refractivity contribution in [3.8, 4) is 0 Å². The van der Waals surface area contributed by atoms with E-state index in [-0.39, 0.29) is 0 Å². The molecule has 116 valence electrons. The van der Waals surface area contributed by atoms with Crippen LogP contribution in [0.3, 0.4) is 0 Å². The van der Waals surface area contributed by atoms with Gasteiger partial charge >= 0.3 is 0 Å². The molecule has 0 saturated heterocycles. The summed E-state index contributed by atoms with van der Waals surface area (Å²) in [4.78, 5) is 4.90. The molecule has 0 aliphatic rings. The summed E-state index contributed by atoms with van der Waals surface area (Å²) in [6.07, 6.45) is 1.21. The second-order valence-electron chi connectivity index (χ2n) is 5.27. The number of furan rings is 1. The van der Waals surface area contributed by atoms with Crippen molar-refractivity contribution in [3.63, 3.8) is 0 Å². The Kier molecular flexibility index (Phi) is 7.88. The zero-order valence-corrected chi connectivity index (χ0v) is 13.6. The molecule has 0 unspecified atom stereocenters. The lowest BCUT2D eigenvalue weighted by molar-refractivity contribution is 0.224. The van der Waals surface area contributed by atoms with Gasteiger partial charge in [0.2, 0.25) is 0 Å². The zero-order valence-electron chi connectivity index (χ0n) is 13.6. The lowest BCUT2D eigenvalue weighted by Crippen LogP contribution is -2.29. The van der Waals surface area contributed by atoms with E-state index < -0.39 is 0 Å². The van der Waals surface area contributed by atoms with Gasteiger partial charge in [0.05, 0.1) is 13.1 Å². The summed E-state index contributed by atoms with van der Waals surface area (Å²) in [5, 5.41) is 0. The fraction of sp³-hybridized carbons (Fsp3) is 0.750. The van der Waals surface area contributed by atoms with Gasteiger partial charge in [-0.1, -0.05) is 20.8 Å². The van der Waals surface area contributed by atoms with Gasteiger partial charge in [-0.15, -0.1) is 0 Å². The van der Waals surface area contributed by atoms with Crippen molar-refractivity contribution in [3.05, 3.63) is 23.2 Å². The highest BCUT2D eigenvalue weighted by molar-refractivity contribution is 5.19. The van der Waals surface area contributed by atoms with E-state index in [2.05, 4.69) is 43.6 Å². The average Bonchev–Trinajstić information content (AvgIpc) is 2.82. The third-order valence-corrected chi connectivity index (χ3v) is 3.93. The number of rotatable bonds is 10. The SMILES string of the molecule is CCN(CC)CCCN(CC)Cc1cc(C)c(CN)o1.